The molecule has 0 unspecified atom stereocenters. The van der Waals surface area contributed by atoms with Gasteiger partial charge in [0.1, 0.15) is 12.6 Å². The van der Waals surface area contributed by atoms with Crippen molar-refractivity contribution >= 4 is 5.97 Å². The number of carbonyl (C=O) groups is 1. The Morgan fingerprint density at radius 2 is 1.83 bits per heavy atom. The smallest absolute Gasteiger partial charge is 0.310 e. The fraction of sp³-hybridized carbons (Fsp3) is 0.850. The SMILES string of the molecule is CCCC[NH+](CC#CC[C@@H]1C[C@H](COCCC)OC1=O)CCCC. The zero-order valence-electron chi connectivity index (χ0n) is 15.9. The van der Waals surface area contributed by atoms with Crippen LogP contribution < -0.4 is 4.90 Å². The topological polar surface area (TPSA) is 40.0 Å². The van der Waals surface area contributed by atoms with Gasteiger partial charge in [-0.05, 0) is 25.2 Å². The van der Waals surface area contributed by atoms with Gasteiger partial charge in [-0.1, -0.05) is 39.5 Å². The highest BCUT2D eigenvalue weighted by molar-refractivity contribution is 5.75. The number of ether oxygens (including phenoxy) is 2. The van der Waals surface area contributed by atoms with Crippen LogP contribution in [0.4, 0.5) is 0 Å². The summed E-state index contributed by atoms with van der Waals surface area (Å²) >= 11 is 0. The molecule has 0 amide bonds. The second-order valence-corrected chi connectivity index (χ2v) is 6.76. The standard InChI is InChI=1S/C20H35NO3/c1-4-7-12-21(13-8-5-2)14-10-9-11-18-16-19(24-20(18)22)17-23-15-6-3/h18-19H,4-8,11-17H2,1-3H3/p+1/t18-,19-/m1/s1. The number of rotatable bonds is 12. The maximum atomic E-state index is 11.9. The Labute approximate surface area is 148 Å². The Bertz CT molecular complexity index is 391. The summed E-state index contributed by atoms with van der Waals surface area (Å²) in [5, 5.41) is 0. The van der Waals surface area contributed by atoms with Gasteiger partial charge in [-0.2, -0.15) is 0 Å². The lowest BCUT2D eigenvalue weighted by molar-refractivity contribution is -0.893. The lowest BCUT2D eigenvalue weighted by Crippen LogP contribution is -3.12. The van der Waals surface area contributed by atoms with Crippen molar-refractivity contribution < 1.29 is 19.2 Å². The number of hydrogen-bond acceptors (Lipinski definition) is 3. The molecular formula is C20H36NO3+. The Morgan fingerprint density at radius 1 is 1.12 bits per heavy atom. The van der Waals surface area contributed by atoms with Gasteiger partial charge in [0.15, 0.2) is 0 Å². The molecule has 0 spiro atoms. The summed E-state index contributed by atoms with van der Waals surface area (Å²) in [6.45, 7) is 11.1. The molecule has 1 aliphatic heterocycles. The quantitative estimate of drug-likeness (QED) is 0.337. The molecule has 0 saturated carbocycles. The molecule has 2 atom stereocenters. The predicted octanol–water partition coefficient (Wildman–Crippen LogP) is 2.22. The van der Waals surface area contributed by atoms with Crippen LogP contribution in [0.5, 0.6) is 0 Å². The van der Waals surface area contributed by atoms with Crippen LogP contribution in [0, 0.1) is 17.8 Å². The van der Waals surface area contributed by atoms with Crippen molar-refractivity contribution in [3.8, 4) is 11.8 Å². The number of esters is 1. The maximum absolute atomic E-state index is 11.9. The largest absolute Gasteiger partial charge is 0.460 e. The highest BCUT2D eigenvalue weighted by Gasteiger charge is 2.33. The zero-order valence-corrected chi connectivity index (χ0v) is 15.9. The van der Waals surface area contributed by atoms with Crippen molar-refractivity contribution in [1.29, 1.82) is 0 Å². The van der Waals surface area contributed by atoms with Crippen molar-refractivity contribution in [2.75, 3.05) is 32.8 Å². The van der Waals surface area contributed by atoms with Crippen LogP contribution in [0.3, 0.4) is 0 Å². The third-order valence-electron chi connectivity index (χ3n) is 4.40. The summed E-state index contributed by atoms with van der Waals surface area (Å²) < 4.78 is 10.8. The number of unbranched alkanes of at least 4 members (excludes halogenated alkanes) is 2. The monoisotopic (exact) mass is 338 g/mol. The van der Waals surface area contributed by atoms with Gasteiger partial charge in [0.05, 0.1) is 25.6 Å². The molecule has 0 bridgehead atoms. The van der Waals surface area contributed by atoms with Crippen molar-refractivity contribution in [2.45, 2.75) is 71.8 Å². The molecule has 4 nitrogen and oxygen atoms in total. The molecule has 138 valence electrons. The van der Waals surface area contributed by atoms with E-state index in [1.165, 1.54) is 38.8 Å². The molecule has 0 radical (unpaired) electrons. The molecule has 24 heavy (non-hydrogen) atoms. The Kier molecular flexibility index (Phi) is 11.6. The molecule has 1 heterocycles. The minimum Gasteiger partial charge on any atom is -0.460 e. The molecule has 1 rings (SSSR count). The lowest BCUT2D eigenvalue weighted by atomic mass is 10.0. The zero-order chi connectivity index (χ0) is 17.6. The fourth-order valence-electron chi connectivity index (χ4n) is 2.89. The third kappa shape index (κ3) is 8.70. The van der Waals surface area contributed by atoms with E-state index in [0.29, 0.717) is 13.0 Å². The van der Waals surface area contributed by atoms with E-state index in [9.17, 15) is 4.79 Å². The maximum Gasteiger partial charge on any atom is 0.310 e. The molecular weight excluding hydrogens is 302 g/mol. The first kappa shape index (κ1) is 21.0. The van der Waals surface area contributed by atoms with Gasteiger partial charge in [0.25, 0.3) is 0 Å². The molecule has 1 aliphatic rings. The first-order valence-electron chi connectivity index (χ1n) is 9.78. The number of carbonyl (C=O) groups excluding carboxylic acids is 1. The third-order valence-corrected chi connectivity index (χ3v) is 4.40. The highest BCUT2D eigenvalue weighted by atomic mass is 16.6. The van der Waals surface area contributed by atoms with E-state index in [1.807, 2.05) is 0 Å². The van der Waals surface area contributed by atoms with Crippen LogP contribution in [0.2, 0.25) is 0 Å². The average Bonchev–Trinajstić information content (AvgIpc) is 2.93. The minimum absolute atomic E-state index is 0.0672. The predicted molar refractivity (Wildman–Crippen MR) is 96.9 cm³/mol. The first-order valence-corrected chi connectivity index (χ1v) is 9.78. The summed E-state index contributed by atoms with van der Waals surface area (Å²) in [6.07, 6.45) is 7.27. The molecule has 4 heteroatoms. The number of hydrogen-bond donors (Lipinski definition) is 1. The van der Waals surface area contributed by atoms with E-state index < -0.39 is 0 Å². The Hall–Kier alpha value is -1.05. The Morgan fingerprint density at radius 3 is 2.46 bits per heavy atom. The van der Waals surface area contributed by atoms with E-state index >= 15 is 0 Å². The second kappa shape index (κ2) is 13.3. The van der Waals surface area contributed by atoms with E-state index in [4.69, 9.17) is 9.47 Å². The molecule has 1 saturated heterocycles. The van der Waals surface area contributed by atoms with Gasteiger partial charge in [0, 0.05) is 19.4 Å². The van der Waals surface area contributed by atoms with Gasteiger partial charge in [-0.25, -0.2) is 0 Å². The van der Waals surface area contributed by atoms with Crippen molar-refractivity contribution in [2.24, 2.45) is 5.92 Å². The highest BCUT2D eigenvalue weighted by Crippen LogP contribution is 2.23. The van der Waals surface area contributed by atoms with E-state index in [2.05, 4.69) is 32.6 Å². The summed E-state index contributed by atoms with van der Waals surface area (Å²) in [7, 11) is 0. The van der Waals surface area contributed by atoms with E-state index in [0.717, 1.165) is 26.0 Å². The molecule has 0 aromatic heterocycles. The minimum atomic E-state index is -0.101. The molecule has 1 fully saturated rings. The van der Waals surface area contributed by atoms with Gasteiger partial charge >= 0.3 is 5.97 Å². The van der Waals surface area contributed by atoms with Crippen molar-refractivity contribution in [1.82, 2.24) is 0 Å². The fourth-order valence-corrected chi connectivity index (χ4v) is 2.89. The van der Waals surface area contributed by atoms with Crippen LogP contribution in [-0.4, -0.2) is 44.9 Å². The van der Waals surface area contributed by atoms with E-state index in [-0.39, 0.29) is 18.0 Å². The van der Waals surface area contributed by atoms with Crippen LogP contribution in [0.25, 0.3) is 0 Å². The van der Waals surface area contributed by atoms with Gasteiger partial charge in [0.2, 0.25) is 0 Å². The lowest BCUT2D eigenvalue weighted by Gasteiger charge is -2.16. The number of cyclic esters (lactones) is 1. The molecule has 1 N–H and O–H groups in total. The summed E-state index contributed by atoms with van der Waals surface area (Å²) in [5.41, 5.74) is 0. The van der Waals surface area contributed by atoms with Crippen molar-refractivity contribution in [3.05, 3.63) is 0 Å². The van der Waals surface area contributed by atoms with Crippen LogP contribution in [0.15, 0.2) is 0 Å². The molecule has 0 aromatic carbocycles. The number of nitrogens with one attached hydrogen (secondary N) is 1. The second-order valence-electron chi connectivity index (χ2n) is 6.76. The van der Waals surface area contributed by atoms with Crippen molar-refractivity contribution in [3.63, 3.8) is 0 Å². The summed E-state index contributed by atoms with van der Waals surface area (Å²) in [6, 6.07) is 0. The summed E-state index contributed by atoms with van der Waals surface area (Å²) in [5.74, 6) is 6.34. The first-order chi connectivity index (χ1) is 11.7. The van der Waals surface area contributed by atoms with E-state index in [1.54, 1.807) is 4.90 Å². The number of quaternary nitrogens is 1. The normalized spacial score (nSPS) is 20.1. The molecule has 0 aromatic rings. The van der Waals surface area contributed by atoms with Gasteiger partial charge in [-0.3, -0.25) is 4.79 Å². The Balaban J connectivity index is 2.31. The van der Waals surface area contributed by atoms with Gasteiger partial charge < -0.3 is 14.4 Å². The summed E-state index contributed by atoms with van der Waals surface area (Å²) in [4.78, 5) is 13.5. The van der Waals surface area contributed by atoms with Gasteiger partial charge in [-0.15, -0.1) is 0 Å². The van der Waals surface area contributed by atoms with Crippen LogP contribution >= 0.6 is 0 Å². The van der Waals surface area contributed by atoms with Crippen LogP contribution in [0.1, 0.15) is 65.7 Å². The average molecular weight is 339 g/mol. The molecule has 0 aliphatic carbocycles. The van der Waals surface area contributed by atoms with Crippen LogP contribution in [-0.2, 0) is 14.3 Å².